The zero-order chi connectivity index (χ0) is 9.47. The van der Waals surface area contributed by atoms with Crippen LogP contribution in [0, 0.1) is 0 Å². The first kappa shape index (κ1) is 8.72. The molecule has 0 amide bonds. The summed E-state index contributed by atoms with van der Waals surface area (Å²) in [5.74, 6) is 0. The van der Waals surface area contributed by atoms with Crippen LogP contribution in [0.25, 0.3) is 0 Å². The lowest BCUT2D eigenvalue weighted by atomic mass is 10.1. The highest BCUT2D eigenvalue weighted by Crippen LogP contribution is 2.19. The highest BCUT2D eigenvalue weighted by atomic mass is 32.2. The van der Waals surface area contributed by atoms with Crippen LogP contribution < -0.4 is 5.32 Å². The Hall–Kier alpha value is -0.870. The zero-order valence-electron chi connectivity index (χ0n) is 7.37. The average Bonchev–Trinajstić information content (AvgIpc) is 2.47. The van der Waals surface area contributed by atoms with E-state index in [2.05, 4.69) is 5.32 Å². The molecule has 3 nitrogen and oxygen atoms in total. The Labute approximate surface area is 77.7 Å². The van der Waals surface area contributed by atoms with Crippen LogP contribution in [0.3, 0.4) is 0 Å². The first-order valence-corrected chi connectivity index (χ1v) is 5.99. The quantitative estimate of drug-likeness (QED) is 0.720. The van der Waals surface area contributed by atoms with Crippen molar-refractivity contribution in [2.24, 2.45) is 0 Å². The fourth-order valence-corrected chi connectivity index (χ4v) is 2.17. The molecule has 0 radical (unpaired) electrons. The van der Waals surface area contributed by atoms with E-state index in [0.717, 1.165) is 18.7 Å². The second kappa shape index (κ2) is 2.82. The van der Waals surface area contributed by atoms with E-state index in [0.29, 0.717) is 4.90 Å². The molecule has 0 fully saturated rings. The Morgan fingerprint density at radius 3 is 2.62 bits per heavy atom. The SMILES string of the molecule is CS(=O)(=O)c1ccc2c(c1)CNC2. The molecule has 70 valence electrons. The normalized spacial score (nSPS) is 15.8. The summed E-state index contributed by atoms with van der Waals surface area (Å²) >= 11 is 0. The molecule has 0 aromatic heterocycles. The Bertz CT molecular complexity index is 437. The molecule has 0 atom stereocenters. The molecule has 13 heavy (non-hydrogen) atoms. The van der Waals surface area contributed by atoms with E-state index in [1.54, 1.807) is 12.1 Å². The molecule has 1 aromatic rings. The Kier molecular flexibility index (Phi) is 1.89. The van der Waals surface area contributed by atoms with E-state index < -0.39 is 9.84 Å². The summed E-state index contributed by atoms with van der Waals surface area (Å²) in [6.07, 6.45) is 1.23. The third-order valence-corrected chi connectivity index (χ3v) is 3.35. The first-order valence-electron chi connectivity index (χ1n) is 4.10. The summed E-state index contributed by atoms with van der Waals surface area (Å²) in [5.41, 5.74) is 2.30. The number of hydrogen-bond donors (Lipinski definition) is 1. The minimum atomic E-state index is -3.05. The summed E-state index contributed by atoms with van der Waals surface area (Å²) in [6.45, 7) is 1.62. The van der Waals surface area contributed by atoms with Crippen molar-refractivity contribution in [2.75, 3.05) is 6.26 Å². The van der Waals surface area contributed by atoms with Crippen LogP contribution in [0.1, 0.15) is 11.1 Å². The van der Waals surface area contributed by atoms with Gasteiger partial charge in [0.2, 0.25) is 0 Å². The number of nitrogens with one attached hydrogen (secondary N) is 1. The number of rotatable bonds is 1. The van der Waals surface area contributed by atoms with Gasteiger partial charge in [0.05, 0.1) is 4.90 Å². The molecule has 1 heterocycles. The molecule has 0 spiro atoms. The van der Waals surface area contributed by atoms with E-state index in [-0.39, 0.29) is 0 Å². The van der Waals surface area contributed by atoms with E-state index in [1.165, 1.54) is 11.8 Å². The molecule has 1 N–H and O–H groups in total. The van der Waals surface area contributed by atoms with Crippen LogP contribution in [-0.2, 0) is 22.9 Å². The van der Waals surface area contributed by atoms with Gasteiger partial charge >= 0.3 is 0 Å². The standard InChI is InChI=1S/C9H11NO2S/c1-13(11,12)9-3-2-7-5-10-6-8(7)4-9/h2-4,10H,5-6H2,1H3. The van der Waals surface area contributed by atoms with Crippen molar-refractivity contribution >= 4 is 9.84 Å². The second-order valence-electron chi connectivity index (χ2n) is 3.31. The van der Waals surface area contributed by atoms with Crippen LogP contribution in [0.5, 0.6) is 0 Å². The number of hydrogen-bond acceptors (Lipinski definition) is 3. The van der Waals surface area contributed by atoms with Gasteiger partial charge < -0.3 is 5.32 Å². The van der Waals surface area contributed by atoms with Gasteiger partial charge in [-0.05, 0) is 23.3 Å². The average molecular weight is 197 g/mol. The molecular formula is C9H11NO2S. The summed E-state index contributed by atoms with van der Waals surface area (Å²) in [5, 5.41) is 3.17. The van der Waals surface area contributed by atoms with Gasteiger partial charge in [0.1, 0.15) is 0 Å². The van der Waals surface area contributed by atoms with Crippen LogP contribution in [0.15, 0.2) is 23.1 Å². The van der Waals surface area contributed by atoms with E-state index in [4.69, 9.17) is 0 Å². The summed E-state index contributed by atoms with van der Waals surface area (Å²) in [4.78, 5) is 0.412. The van der Waals surface area contributed by atoms with Gasteiger partial charge in [-0.3, -0.25) is 0 Å². The molecule has 1 aromatic carbocycles. The Morgan fingerprint density at radius 2 is 1.92 bits per heavy atom. The second-order valence-corrected chi connectivity index (χ2v) is 5.32. The highest BCUT2D eigenvalue weighted by Gasteiger charge is 2.13. The fraction of sp³-hybridized carbons (Fsp3) is 0.333. The molecule has 0 saturated heterocycles. The summed E-state index contributed by atoms with van der Waals surface area (Å²) < 4.78 is 22.4. The lowest BCUT2D eigenvalue weighted by Gasteiger charge is -2.01. The van der Waals surface area contributed by atoms with Gasteiger partial charge in [-0.15, -0.1) is 0 Å². The van der Waals surface area contributed by atoms with Gasteiger partial charge in [0.25, 0.3) is 0 Å². The predicted octanol–water partition coefficient (Wildman–Crippen LogP) is 0.693. The minimum absolute atomic E-state index is 0.412. The van der Waals surface area contributed by atoms with Crippen molar-refractivity contribution in [1.82, 2.24) is 5.32 Å². The molecule has 0 saturated carbocycles. The largest absolute Gasteiger partial charge is 0.309 e. The molecule has 1 aliphatic heterocycles. The van der Waals surface area contributed by atoms with Crippen molar-refractivity contribution < 1.29 is 8.42 Å². The van der Waals surface area contributed by atoms with Crippen molar-refractivity contribution in [3.05, 3.63) is 29.3 Å². The van der Waals surface area contributed by atoms with E-state index >= 15 is 0 Å². The van der Waals surface area contributed by atoms with Crippen LogP contribution in [0.2, 0.25) is 0 Å². The monoisotopic (exact) mass is 197 g/mol. The van der Waals surface area contributed by atoms with Crippen molar-refractivity contribution in [3.8, 4) is 0 Å². The van der Waals surface area contributed by atoms with Gasteiger partial charge in [-0.25, -0.2) is 8.42 Å². The van der Waals surface area contributed by atoms with Crippen molar-refractivity contribution in [2.45, 2.75) is 18.0 Å². The van der Waals surface area contributed by atoms with E-state index in [1.807, 2.05) is 6.07 Å². The van der Waals surface area contributed by atoms with Gasteiger partial charge in [0, 0.05) is 19.3 Å². The fourth-order valence-electron chi connectivity index (χ4n) is 1.50. The molecule has 2 rings (SSSR count). The van der Waals surface area contributed by atoms with Crippen molar-refractivity contribution in [1.29, 1.82) is 0 Å². The van der Waals surface area contributed by atoms with Crippen LogP contribution in [0.4, 0.5) is 0 Å². The molecule has 0 unspecified atom stereocenters. The molecular weight excluding hydrogens is 186 g/mol. The number of benzene rings is 1. The smallest absolute Gasteiger partial charge is 0.175 e. The van der Waals surface area contributed by atoms with E-state index in [9.17, 15) is 8.42 Å². The predicted molar refractivity (Wildman–Crippen MR) is 50.1 cm³/mol. The molecule has 1 aliphatic rings. The van der Waals surface area contributed by atoms with Crippen molar-refractivity contribution in [3.63, 3.8) is 0 Å². The third-order valence-electron chi connectivity index (χ3n) is 2.24. The van der Waals surface area contributed by atoms with Gasteiger partial charge in [0.15, 0.2) is 9.84 Å². The first-order chi connectivity index (χ1) is 6.07. The molecule has 0 bridgehead atoms. The number of fused-ring (bicyclic) bond motifs is 1. The maximum atomic E-state index is 11.2. The minimum Gasteiger partial charge on any atom is -0.309 e. The van der Waals surface area contributed by atoms with Crippen LogP contribution in [-0.4, -0.2) is 14.7 Å². The molecule has 0 aliphatic carbocycles. The Morgan fingerprint density at radius 1 is 1.23 bits per heavy atom. The summed E-state index contributed by atoms with van der Waals surface area (Å²) in [6, 6.07) is 5.30. The third kappa shape index (κ3) is 1.59. The lowest BCUT2D eigenvalue weighted by molar-refractivity contribution is 0.601. The van der Waals surface area contributed by atoms with Crippen LogP contribution >= 0.6 is 0 Å². The summed E-state index contributed by atoms with van der Waals surface area (Å²) in [7, 11) is -3.05. The molecule has 4 heteroatoms. The van der Waals surface area contributed by atoms with Gasteiger partial charge in [-0.2, -0.15) is 0 Å². The topological polar surface area (TPSA) is 46.2 Å². The maximum absolute atomic E-state index is 11.2. The Balaban J connectivity index is 2.54. The lowest BCUT2D eigenvalue weighted by Crippen LogP contribution is -2.00. The number of sulfone groups is 1. The maximum Gasteiger partial charge on any atom is 0.175 e. The zero-order valence-corrected chi connectivity index (χ0v) is 8.19. The van der Waals surface area contributed by atoms with Gasteiger partial charge in [-0.1, -0.05) is 6.07 Å². The highest BCUT2D eigenvalue weighted by molar-refractivity contribution is 7.90.